The number of carbonyl (C=O) groups excluding carboxylic acids is 1. The summed E-state index contributed by atoms with van der Waals surface area (Å²) in [6, 6.07) is 13.3. The molecule has 2 aliphatic carbocycles. The highest BCUT2D eigenvalue weighted by molar-refractivity contribution is 6.09. The summed E-state index contributed by atoms with van der Waals surface area (Å²) in [6.45, 7) is 0. The van der Waals surface area contributed by atoms with Gasteiger partial charge < -0.3 is 14.8 Å². The first-order valence-corrected chi connectivity index (χ1v) is 11.5. The predicted molar refractivity (Wildman–Crippen MR) is 121 cm³/mol. The van der Waals surface area contributed by atoms with E-state index in [9.17, 15) is 4.79 Å². The van der Waals surface area contributed by atoms with Crippen LogP contribution in [-0.2, 0) is 0 Å². The van der Waals surface area contributed by atoms with Gasteiger partial charge in [0.1, 0.15) is 0 Å². The van der Waals surface area contributed by atoms with Crippen molar-refractivity contribution in [3.05, 3.63) is 53.6 Å². The third-order valence-corrected chi connectivity index (χ3v) is 6.33. The quantitative estimate of drug-likeness (QED) is 0.541. The Morgan fingerprint density at radius 1 is 0.733 bits per heavy atom. The molecule has 0 aliphatic heterocycles. The van der Waals surface area contributed by atoms with Crippen LogP contribution in [0, 0.1) is 0 Å². The van der Waals surface area contributed by atoms with Gasteiger partial charge in [0.25, 0.3) is 0 Å². The van der Waals surface area contributed by atoms with E-state index in [1.807, 2.05) is 49.5 Å². The van der Waals surface area contributed by atoms with Crippen LogP contribution >= 0.6 is 0 Å². The number of carbonyl (C=O) groups is 1. The van der Waals surface area contributed by atoms with Crippen LogP contribution in [0.2, 0.25) is 0 Å². The van der Waals surface area contributed by atoms with Gasteiger partial charge >= 0.3 is 0 Å². The Balaban J connectivity index is 1.57. The van der Waals surface area contributed by atoms with Crippen molar-refractivity contribution >= 4 is 11.5 Å². The summed E-state index contributed by atoms with van der Waals surface area (Å²) < 4.78 is 12.8. The molecular formula is C26H33NO3. The number of rotatable bonds is 7. The molecule has 4 nitrogen and oxygen atoms in total. The molecule has 0 spiro atoms. The highest BCUT2D eigenvalue weighted by Crippen LogP contribution is 2.35. The van der Waals surface area contributed by atoms with E-state index < -0.39 is 0 Å². The lowest BCUT2D eigenvalue weighted by Crippen LogP contribution is -2.22. The van der Waals surface area contributed by atoms with Gasteiger partial charge in [-0.05, 0) is 93.8 Å². The van der Waals surface area contributed by atoms with Crippen LogP contribution in [-0.4, -0.2) is 25.0 Å². The van der Waals surface area contributed by atoms with Crippen LogP contribution in [0.25, 0.3) is 0 Å². The topological polar surface area (TPSA) is 47.6 Å². The molecule has 0 heterocycles. The van der Waals surface area contributed by atoms with E-state index in [1.165, 1.54) is 38.5 Å². The third kappa shape index (κ3) is 5.16. The molecule has 30 heavy (non-hydrogen) atoms. The smallest absolute Gasteiger partial charge is 0.193 e. The van der Waals surface area contributed by atoms with E-state index in [4.69, 9.17) is 9.47 Å². The minimum Gasteiger partial charge on any atom is -0.487 e. The Morgan fingerprint density at radius 3 is 1.83 bits per heavy atom. The molecule has 0 aromatic heterocycles. The summed E-state index contributed by atoms with van der Waals surface area (Å²) in [4.78, 5) is 13.1. The molecule has 0 atom stereocenters. The fourth-order valence-electron chi connectivity index (χ4n) is 4.52. The molecule has 0 unspecified atom stereocenters. The maximum Gasteiger partial charge on any atom is 0.193 e. The summed E-state index contributed by atoms with van der Waals surface area (Å²) in [5.74, 6) is 1.52. The molecule has 4 rings (SSSR count). The molecule has 0 bridgehead atoms. The van der Waals surface area contributed by atoms with Crippen LogP contribution in [0.15, 0.2) is 42.5 Å². The van der Waals surface area contributed by atoms with Crippen LogP contribution in [0.3, 0.4) is 0 Å². The number of benzene rings is 2. The van der Waals surface area contributed by atoms with Gasteiger partial charge in [-0.25, -0.2) is 0 Å². The number of ketones is 1. The molecule has 0 amide bonds. The maximum absolute atomic E-state index is 13.1. The predicted octanol–water partition coefficient (Wildman–Crippen LogP) is 6.38. The van der Waals surface area contributed by atoms with Gasteiger partial charge in [0.05, 0.1) is 12.2 Å². The highest BCUT2D eigenvalue weighted by Gasteiger charge is 2.22. The molecule has 2 saturated carbocycles. The van der Waals surface area contributed by atoms with Crippen LogP contribution < -0.4 is 14.8 Å². The SMILES string of the molecule is CNc1ccc(C(=O)c2ccc(OC3CCCCC3)c(OC3CCCCC3)c2)cc1. The largest absolute Gasteiger partial charge is 0.487 e. The van der Waals surface area contributed by atoms with Gasteiger partial charge in [-0.3, -0.25) is 4.79 Å². The van der Waals surface area contributed by atoms with Gasteiger partial charge in [-0.15, -0.1) is 0 Å². The zero-order valence-electron chi connectivity index (χ0n) is 18.0. The third-order valence-electron chi connectivity index (χ3n) is 6.33. The van der Waals surface area contributed by atoms with Crippen molar-refractivity contribution in [3.63, 3.8) is 0 Å². The van der Waals surface area contributed by atoms with Crippen LogP contribution in [0.1, 0.15) is 80.1 Å². The van der Waals surface area contributed by atoms with Crippen molar-refractivity contribution in [2.24, 2.45) is 0 Å². The van der Waals surface area contributed by atoms with Crippen molar-refractivity contribution in [1.29, 1.82) is 0 Å². The number of anilines is 1. The Hall–Kier alpha value is -2.49. The first kappa shape index (κ1) is 20.8. The molecule has 2 aromatic rings. The fraction of sp³-hybridized carbons (Fsp3) is 0.500. The van der Waals surface area contributed by atoms with Crippen molar-refractivity contribution in [3.8, 4) is 11.5 Å². The summed E-state index contributed by atoms with van der Waals surface area (Å²) in [5.41, 5.74) is 2.32. The Morgan fingerprint density at radius 2 is 1.27 bits per heavy atom. The maximum atomic E-state index is 13.1. The van der Waals surface area contributed by atoms with Gasteiger partial charge in [-0.1, -0.05) is 12.8 Å². The first-order valence-electron chi connectivity index (χ1n) is 11.5. The van der Waals surface area contributed by atoms with Gasteiger partial charge in [0.2, 0.25) is 0 Å². The second-order valence-corrected chi connectivity index (χ2v) is 8.57. The Bertz CT molecular complexity index is 834. The van der Waals surface area contributed by atoms with Crippen molar-refractivity contribution in [1.82, 2.24) is 0 Å². The highest BCUT2D eigenvalue weighted by atomic mass is 16.5. The molecule has 2 fully saturated rings. The minimum absolute atomic E-state index is 0.00960. The van der Waals surface area contributed by atoms with Crippen LogP contribution in [0.5, 0.6) is 11.5 Å². The summed E-state index contributed by atoms with van der Waals surface area (Å²) in [6.07, 6.45) is 12.3. The molecule has 4 heteroatoms. The first-order chi connectivity index (χ1) is 14.7. The van der Waals surface area contributed by atoms with E-state index >= 15 is 0 Å². The monoisotopic (exact) mass is 407 g/mol. The lowest BCUT2D eigenvalue weighted by Gasteiger charge is -2.27. The molecule has 2 aromatic carbocycles. The molecule has 160 valence electrons. The summed E-state index contributed by atoms with van der Waals surface area (Å²) in [7, 11) is 1.87. The standard InChI is InChI=1S/C26H33NO3/c1-27-21-15-12-19(13-16-21)26(28)20-14-17-24(29-22-8-4-2-5-9-22)25(18-20)30-23-10-6-3-7-11-23/h12-18,22-23,27H,2-11H2,1H3. The summed E-state index contributed by atoms with van der Waals surface area (Å²) >= 11 is 0. The van der Waals surface area contributed by atoms with Crippen molar-refractivity contribution in [2.75, 3.05) is 12.4 Å². The average Bonchev–Trinajstić information content (AvgIpc) is 2.81. The fourth-order valence-corrected chi connectivity index (χ4v) is 4.52. The molecule has 0 radical (unpaired) electrons. The molecule has 2 aliphatic rings. The zero-order valence-corrected chi connectivity index (χ0v) is 18.0. The van der Waals surface area contributed by atoms with Gasteiger partial charge in [0, 0.05) is 23.9 Å². The summed E-state index contributed by atoms with van der Waals surface area (Å²) in [5, 5.41) is 3.09. The number of hydrogen-bond donors (Lipinski definition) is 1. The second kappa shape index (κ2) is 10.0. The van der Waals surface area contributed by atoms with Gasteiger partial charge in [-0.2, -0.15) is 0 Å². The second-order valence-electron chi connectivity index (χ2n) is 8.57. The molecular weight excluding hydrogens is 374 g/mol. The van der Waals surface area contributed by atoms with E-state index in [1.54, 1.807) is 0 Å². The van der Waals surface area contributed by atoms with Gasteiger partial charge in [0.15, 0.2) is 17.3 Å². The van der Waals surface area contributed by atoms with E-state index in [-0.39, 0.29) is 18.0 Å². The number of nitrogens with one attached hydrogen (secondary N) is 1. The number of hydrogen-bond acceptors (Lipinski definition) is 4. The lowest BCUT2D eigenvalue weighted by molar-refractivity contribution is 0.103. The minimum atomic E-state index is 0.00960. The Kier molecular flexibility index (Phi) is 6.93. The Labute approximate surface area is 180 Å². The number of ether oxygens (including phenoxy) is 2. The van der Waals surface area contributed by atoms with E-state index in [2.05, 4.69) is 5.32 Å². The van der Waals surface area contributed by atoms with Crippen LogP contribution in [0.4, 0.5) is 5.69 Å². The molecule has 1 N–H and O–H groups in total. The van der Waals surface area contributed by atoms with E-state index in [0.717, 1.165) is 42.9 Å². The molecule has 0 saturated heterocycles. The average molecular weight is 408 g/mol. The zero-order chi connectivity index (χ0) is 20.8. The lowest BCUT2D eigenvalue weighted by atomic mass is 9.97. The van der Waals surface area contributed by atoms with E-state index in [0.29, 0.717) is 11.1 Å². The van der Waals surface area contributed by atoms with Crippen molar-refractivity contribution < 1.29 is 14.3 Å². The normalized spacial score (nSPS) is 18.0. The van der Waals surface area contributed by atoms with Crippen molar-refractivity contribution in [2.45, 2.75) is 76.4 Å².